The SMILES string of the molecule is CN/C(=C\C(=N)C(F)(F)F)NC(=O)c1ccc2c(OC(C)C)ccnc2c1. The molecule has 1 amide bonds. The Balaban J connectivity index is 2.27. The van der Waals surface area contributed by atoms with Crippen molar-refractivity contribution in [3.05, 3.63) is 47.9 Å². The van der Waals surface area contributed by atoms with Gasteiger partial charge in [-0.25, -0.2) is 0 Å². The van der Waals surface area contributed by atoms with E-state index in [1.165, 1.54) is 19.2 Å². The Bertz CT molecular complexity index is 892. The molecule has 3 N–H and O–H groups in total. The molecule has 0 unspecified atom stereocenters. The molecule has 0 spiro atoms. The lowest BCUT2D eigenvalue weighted by Gasteiger charge is -2.13. The normalized spacial score (nSPS) is 12.2. The van der Waals surface area contributed by atoms with Gasteiger partial charge in [0.15, 0.2) is 0 Å². The van der Waals surface area contributed by atoms with E-state index in [0.29, 0.717) is 22.7 Å². The van der Waals surface area contributed by atoms with Gasteiger partial charge in [0.05, 0.1) is 11.6 Å². The highest BCUT2D eigenvalue weighted by atomic mass is 19.4. The molecule has 6 nitrogen and oxygen atoms in total. The van der Waals surface area contributed by atoms with Crippen LogP contribution in [-0.2, 0) is 0 Å². The third-order valence-electron chi connectivity index (χ3n) is 3.44. The Hall–Kier alpha value is -3.10. The second kappa shape index (κ2) is 8.07. The van der Waals surface area contributed by atoms with Crippen molar-refractivity contribution in [3.8, 4) is 5.75 Å². The monoisotopic (exact) mass is 380 g/mol. The minimum Gasteiger partial charge on any atom is -0.490 e. The first-order chi connectivity index (χ1) is 12.6. The Morgan fingerprint density at radius 3 is 2.59 bits per heavy atom. The second-order valence-corrected chi connectivity index (χ2v) is 5.88. The quantitative estimate of drug-likeness (QED) is 0.671. The molecule has 2 aromatic rings. The summed E-state index contributed by atoms with van der Waals surface area (Å²) in [5, 5.41) is 12.4. The fourth-order valence-electron chi connectivity index (χ4n) is 2.21. The van der Waals surface area contributed by atoms with Gasteiger partial charge in [-0.3, -0.25) is 15.2 Å². The van der Waals surface area contributed by atoms with Crippen LogP contribution in [0.1, 0.15) is 24.2 Å². The summed E-state index contributed by atoms with van der Waals surface area (Å²) in [7, 11) is 1.34. The van der Waals surface area contributed by atoms with Crippen LogP contribution in [0.5, 0.6) is 5.75 Å². The maximum Gasteiger partial charge on any atom is 0.432 e. The number of ether oxygens (including phenoxy) is 1. The number of hydrogen-bond donors (Lipinski definition) is 3. The largest absolute Gasteiger partial charge is 0.490 e. The van der Waals surface area contributed by atoms with Gasteiger partial charge >= 0.3 is 6.18 Å². The number of pyridine rings is 1. The lowest BCUT2D eigenvalue weighted by Crippen LogP contribution is -2.32. The summed E-state index contributed by atoms with van der Waals surface area (Å²) in [6, 6.07) is 6.41. The molecule has 1 heterocycles. The number of nitrogens with zero attached hydrogens (tertiary/aromatic N) is 1. The summed E-state index contributed by atoms with van der Waals surface area (Å²) in [5.74, 6) is -0.256. The topological polar surface area (TPSA) is 87.1 Å². The van der Waals surface area contributed by atoms with Gasteiger partial charge in [0, 0.05) is 30.3 Å². The van der Waals surface area contributed by atoms with E-state index in [2.05, 4.69) is 15.6 Å². The highest BCUT2D eigenvalue weighted by Gasteiger charge is 2.33. The highest BCUT2D eigenvalue weighted by molar-refractivity contribution is 6.01. The molecule has 144 valence electrons. The van der Waals surface area contributed by atoms with Crippen molar-refractivity contribution in [1.82, 2.24) is 15.6 Å². The number of nitrogens with one attached hydrogen (secondary N) is 3. The summed E-state index contributed by atoms with van der Waals surface area (Å²) in [6.45, 7) is 3.77. The van der Waals surface area contributed by atoms with Crippen molar-refractivity contribution in [2.24, 2.45) is 0 Å². The van der Waals surface area contributed by atoms with Crippen molar-refractivity contribution in [3.63, 3.8) is 0 Å². The first-order valence-corrected chi connectivity index (χ1v) is 8.03. The molecule has 27 heavy (non-hydrogen) atoms. The zero-order valence-electron chi connectivity index (χ0n) is 14.9. The van der Waals surface area contributed by atoms with Crippen LogP contribution < -0.4 is 15.4 Å². The van der Waals surface area contributed by atoms with Gasteiger partial charge in [-0.15, -0.1) is 0 Å². The van der Waals surface area contributed by atoms with Gasteiger partial charge in [0.1, 0.15) is 17.3 Å². The van der Waals surface area contributed by atoms with Crippen molar-refractivity contribution in [2.45, 2.75) is 26.1 Å². The molecule has 0 fully saturated rings. The number of rotatable bonds is 6. The Kier molecular flexibility index (Phi) is 6.04. The van der Waals surface area contributed by atoms with E-state index >= 15 is 0 Å². The number of benzene rings is 1. The standard InChI is InChI=1S/C18H19F3N4O2/c1-10(2)27-14-6-7-24-13-8-11(4-5-12(13)14)17(26)25-16(23-3)9-15(22)18(19,20)21/h4-10,22-23H,1-3H3,(H,25,26)/b16-9+,22-15?. The molecule has 1 aromatic carbocycles. The maximum atomic E-state index is 12.5. The molecule has 0 aliphatic rings. The van der Waals surface area contributed by atoms with E-state index in [-0.39, 0.29) is 17.5 Å². The number of hydrogen-bond acceptors (Lipinski definition) is 5. The minimum atomic E-state index is -4.80. The summed E-state index contributed by atoms with van der Waals surface area (Å²) >= 11 is 0. The number of halogens is 3. The van der Waals surface area contributed by atoms with Crippen molar-refractivity contribution < 1.29 is 22.7 Å². The predicted molar refractivity (Wildman–Crippen MR) is 95.9 cm³/mol. The van der Waals surface area contributed by atoms with Gasteiger partial charge in [-0.05, 0) is 38.1 Å². The Morgan fingerprint density at radius 2 is 2.00 bits per heavy atom. The number of amides is 1. The molecule has 0 aliphatic heterocycles. The van der Waals surface area contributed by atoms with E-state index < -0.39 is 17.8 Å². The van der Waals surface area contributed by atoms with Crippen LogP contribution in [-0.4, -0.2) is 35.9 Å². The Morgan fingerprint density at radius 1 is 1.30 bits per heavy atom. The van der Waals surface area contributed by atoms with Crippen molar-refractivity contribution in [2.75, 3.05) is 7.05 Å². The number of carbonyl (C=O) groups excluding carboxylic acids is 1. The summed E-state index contributed by atoms with van der Waals surface area (Å²) in [4.78, 5) is 16.5. The van der Waals surface area contributed by atoms with Crippen LogP contribution in [0.3, 0.4) is 0 Å². The minimum absolute atomic E-state index is 0.0363. The van der Waals surface area contributed by atoms with Crippen LogP contribution in [0.25, 0.3) is 10.9 Å². The number of carbonyl (C=O) groups is 1. The lowest BCUT2D eigenvalue weighted by atomic mass is 10.1. The van der Waals surface area contributed by atoms with Gasteiger partial charge in [-0.2, -0.15) is 13.2 Å². The molecule has 1 aromatic heterocycles. The zero-order chi connectivity index (χ0) is 20.2. The molecular formula is C18H19F3N4O2. The fraction of sp³-hybridized carbons (Fsp3) is 0.278. The maximum absolute atomic E-state index is 12.5. The van der Waals surface area contributed by atoms with Crippen molar-refractivity contribution >= 4 is 22.5 Å². The highest BCUT2D eigenvalue weighted by Crippen LogP contribution is 2.25. The third kappa shape index (κ3) is 5.19. The summed E-state index contributed by atoms with van der Waals surface area (Å²) in [5.41, 5.74) is -0.863. The van der Waals surface area contributed by atoms with Crippen LogP contribution in [0.4, 0.5) is 13.2 Å². The van der Waals surface area contributed by atoms with E-state index in [0.717, 1.165) is 0 Å². The second-order valence-electron chi connectivity index (χ2n) is 5.88. The van der Waals surface area contributed by atoms with Gasteiger partial charge in [0.2, 0.25) is 0 Å². The first-order valence-electron chi connectivity index (χ1n) is 8.03. The lowest BCUT2D eigenvalue weighted by molar-refractivity contribution is -0.0584. The third-order valence-corrected chi connectivity index (χ3v) is 3.44. The van der Waals surface area contributed by atoms with E-state index in [4.69, 9.17) is 10.1 Å². The number of aromatic nitrogens is 1. The van der Waals surface area contributed by atoms with Gasteiger partial charge < -0.3 is 15.4 Å². The fourth-order valence-corrected chi connectivity index (χ4v) is 2.21. The summed E-state index contributed by atoms with van der Waals surface area (Å²) < 4.78 is 43.1. The number of alkyl halides is 3. The molecule has 0 atom stereocenters. The van der Waals surface area contributed by atoms with Gasteiger partial charge in [-0.1, -0.05) is 0 Å². The van der Waals surface area contributed by atoms with Crippen molar-refractivity contribution in [1.29, 1.82) is 5.41 Å². The number of allylic oxidation sites excluding steroid dienone is 1. The zero-order valence-corrected chi connectivity index (χ0v) is 14.9. The average Bonchev–Trinajstić information content (AvgIpc) is 2.59. The molecule has 0 saturated carbocycles. The Labute approximate surface area is 153 Å². The molecule has 0 saturated heterocycles. The summed E-state index contributed by atoms with van der Waals surface area (Å²) in [6.07, 6.45) is -2.78. The average molecular weight is 380 g/mol. The molecule has 2 rings (SSSR count). The molecule has 0 radical (unpaired) electrons. The van der Waals surface area contributed by atoms with E-state index in [1.807, 2.05) is 13.8 Å². The van der Waals surface area contributed by atoms with Crippen LogP contribution >= 0.6 is 0 Å². The first kappa shape index (κ1) is 20.2. The van der Waals surface area contributed by atoms with Crippen LogP contribution in [0.15, 0.2) is 42.4 Å². The molecule has 0 bridgehead atoms. The smallest absolute Gasteiger partial charge is 0.432 e. The number of fused-ring (bicyclic) bond motifs is 1. The van der Waals surface area contributed by atoms with Crippen LogP contribution in [0, 0.1) is 5.41 Å². The van der Waals surface area contributed by atoms with Crippen LogP contribution in [0.2, 0.25) is 0 Å². The molecular weight excluding hydrogens is 361 g/mol. The molecule has 9 heteroatoms. The molecule has 0 aliphatic carbocycles. The van der Waals surface area contributed by atoms with E-state index in [9.17, 15) is 18.0 Å². The predicted octanol–water partition coefficient (Wildman–Crippen LogP) is 3.39. The van der Waals surface area contributed by atoms with E-state index in [1.54, 1.807) is 18.3 Å². The van der Waals surface area contributed by atoms with Gasteiger partial charge in [0.25, 0.3) is 5.91 Å².